The number of nitrogens with one attached hydrogen (secondary N) is 1. The highest BCUT2D eigenvalue weighted by molar-refractivity contribution is 5.75. The number of hydrogen-bond donors (Lipinski definition) is 3. The molecule has 1 unspecified atom stereocenters. The molecule has 16 heavy (non-hydrogen) atoms. The molecule has 0 bridgehead atoms. The minimum Gasteiger partial charge on any atom is -0.481 e. The van der Waals surface area contributed by atoms with Crippen molar-refractivity contribution in [2.45, 2.75) is 51.5 Å². The number of aliphatic carboxylic acids is 1. The third-order valence-electron chi connectivity index (χ3n) is 2.20. The number of carbonyl (C=O) groups is 2. The number of carbonyl (C=O) groups excluding carboxylic acids is 1. The number of carboxylic acid groups (broad SMARTS) is 1. The second-order valence-electron chi connectivity index (χ2n) is 4.07. The topological polar surface area (TPSA) is 92.4 Å². The molecule has 0 heterocycles. The summed E-state index contributed by atoms with van der Waals surface area (Å²) < 4.78 is 0. The van der Waals surface area contributed by atoms with Crippen molar-refractivity contribution in [3.8, 4) is 0 Å². The van der Waals surface area contributed by atoms with E-state index in [1.165, 1.54) is 0 Å². The highest BCUT2D eigenvalue weighted by Gasteiger charge is 2.02. The maximum Gasteiger partial charge on any atom is 0.303 e. The van der Waals surface area contributed by atoms with E-state index in [9.17, 15) is 9.59 Å². The van der Waals surface area contributed by atoms with Crippen molar-refractivity contribution in [2.24, 2.45) is 5.73 Å². The zero-order chi connectivity index (χ0) is 12.4. The summed E-state index contributed by atoms with van der Waals surface area (Å²) >= 11 is 0. The van der Waals surface area contributed by atoms with Gasteiger partial charge in [0.2, 0.25) is 5.91 Å². The third kappa shape index (κ3) is 11.0. The summed E-state index contributed by atoms with van der Waals surface area (Å²) in [7, 11) is 0. The van der Waals surface area contributed by atoms with Crippen LogP contribution < -0.4 is 11.1 Å². The van der Waals surface area contributed by atoms with Gasteiger partial charge in [0, 0.05) is 25.4 Å². The molecule has 0 spiro atoms. The Morgan fingerprint density at radius 2 is 1.94 bits per heavy atom. The van der Waals surface area contributed by atoms with E-state index in [2.05, 4.69) is 5.32 Å². The Balaban J connectivity index is 3.27. The van der Waals surface area contributed by atoms with Gasteiger partial charge in [-0.2, -0.15) is 0 Å². The Hall–Kier alpha value is -1.10. The molecule has 4 N–H and O–H groups in total. The van der Waals surface area contributed by atoms with Crippen molar-refractivity contribution >= 4 is 11.9 Å². The van der Waals surface area contributed by atoms with Gasteiger partial charge in [0.05, 0.1) is 0 Å². The predicted octanol–water partition coefficient (Wildman–Crippen LogP) is 0.875. The average molecular weight is 230 g/mol. The fourth-order valence-electron chi connectivity index (χ4n) is 1.30. The fraction of sp³-hybridized carbons (Fsp3) is 0.818. The second-order valence-corrected chi connectivity index (χ2v) is 4.07. The predicted molar refractivity (Wildman–Crippen MR) is 62.0 cm³/mol. The molecule has 94 valence electrons. The van der Waals surface area contributed by atoms with Gasteiger partial charge in [0.25, 0.3) is 0 Å². The minimum absolute atomic E-state index is 0.0241. The Kier molecular flexibility index (Phi) is 8.52. The summed E-state index contributed by atoms with van der Waals surface area (Å²) in [5, 5.41) is 11.1. The van der Waals surface area contributed by atoms with Crippen molar-refractivity contribution < 1.29 is 14.7 Å². The first kappa shape index (κ1) is 14.9. The number of unbranched alkanes of at least 4 members (excludes halogenated alkanes) is 1. The van der Waals surface area contributed by atoms with E-state index in [0.29, 0.717) is 25.8 Å². The quantitative estimate of drug-likeness (QED) is 0.512. The molecule has 0 saturated carbocycles. The van der Waals surface area contributed by atoms with Gasteiger partial charge in [-0.15, -0.1) is 0 Å². The number of carboxylic acids is 1. The molecule has 5 nitrogen and oxygen atoms in total. The number of amides is 1. The third-order valence-corrected chi connectivity index (χ3v) is 2.20. The van der Waals surface area contributed by atoms with E-state index in [0.717, 1.165) is 12.8 Å². The molecule has 0 saturated heterocycles. The summed E-state index contributed by atoms with van der Waals surface area (Å²) in [4.78, 5) is 21.5. The first-order valence-electron chi connectivity index (χ1n) is 5.76. The molecular formula is C11H22N2O3. The van der Waals surface area contributed by atoms with Crippen molar-refractivity contribution in [3.63, 3.8) is 0 Å². The van der Waals surface area contributed by atoms with Crippen LogP contribution in [-0.4, -0.2) is 29.6 Å². The van der Waals surface area contributed by atoms with Crippen LogP contribution in [0.2, 0.25) is 0 Å². The van der Waals surface area contributed by atoms with Gasteiger partial charge in [-0.1, -0.05) is 0 Å². The van der Waals surface area contributed by atoms with E-state index in [1.54, 1.807) is 0 Å². The number of hydrogen-bond acceptors (Lipinski definition) is 3. The second kappa shape index (κ2) is 9.15. The van der Waals surface area contributed by atoms with Crippen LogP contribution in [0, 0.1) is 0 Å². The normalized spacial score (nSPS) is 12.1. The maximum atomic E-state index is 11.3. The van der Waals surface area contributed by atoms with Crippen molar-refractivity contribution in [1.29, 1.82) is 0 Å². The zero-order valence-electron chi connectivity index (χ0n) is 9.87. The van der Waals surface area contributed by atoms with Crippen LogP contribution in [0.4, 0.5) is 0 Å². The highest BCUT2D eigenvalue weighted by Crippen LogP contribution is 1.98. The van der Waals surface area contributed by atoms with Gasteiger partial charge in [0.15, 0.2) is 0 Å². The standard InChI is InChI=1S/C11H22N2O3/c1-9(12)5-4-6-10(14)13-8-3-2-7-11(15)16/h9H,2-8,12H2,1H3,(H,13,14)(H,15,16). The van der Waals surface area contributed by atoms with Gasteiger partial charge in [0.1, 0.15) is 0 Å². The summed E-state index contributed by atoms with van der Waals surface area (Å²) in [5.41, 5.74) is 5.56. The van der Waals surface area contributed by atoms with Crippen molar-refractivity contribution in [2.75, 3.05) is 6.54 Å². The van der Waals surface area contributed by atoms with E-state index in [-0.39, 0.29) is 18.4 Å². The first-order valence-corrected chi connectivity index (χ1v) is 5.76. The summed E-state index contributed by atoms with van der Waals surface area (Å²) in [6, 6.07) is 0.142. The summed E-state index contributed by atoms with van der Waals surface area (Å²) in [6.07, 6.45) is 3.65. The summed E-state index contributed by atoms with van der Waals surface area (Å²) in [5.74, 6) is -0.765. The fourth-order valence-corrected chi connectivity index (χ4v) is 1.30. The Morgan fingerprint density at radius 3 is 2.50 bits per heavy atom. The molecule has 0 aliphatic carbocycles. The molecule has 0 aliphatic heterocycles. The number of nitrogens with two attached hydrogens (primary N) is 1. The van der Waals surface area contributed by atoms with Crippen LogP contribution in [-0.2, 0) is 9.59 Å². The van der Waals surface area contributed by atoms with Gasteiger partial charge >= 0.3 is 5.97 Å². The SMILES string of the molecule is CC(N)CCCC(=O)NCCCCC(=O)O. The van der Waals surface area contributed by atoms with E-state index in [1.807, 2.05) is 6.92 Å². The molecule has 0 aromatic heterocycles. The van der Waals surface area contributed by atoms with Crippen LogP contribution in [0.5, 0.6) is 0 Å². The Bertz CT molecular complexity index is 217. The lowest BCUT2D eigenvalue weighted by Crippen LogP contribution is -2.25. The lowest BCUT2D eigenvalue weighted by Gasteiger charge is -2.06. The molecule has 0 rings (SSSR count). The zero-order valence-corrected chi connectivity index (χ0v) is 9.87. The molecule has 5 heteroatoms. The van der Waals surface area contributed by atoms with Crippen LogP contribution in [0.3, 0.4) is 0 Å². The van der Waals surface area contributed by atoms with Crippen molar-refractivity contribution in [3.05, 3.63) is 0 Å². The molecule has 1 amide bonds. The lowest BCUT2D eigenvalue weighted by atomic mass is 10.1. The van der Waals surface area contributed by atoms with Crippen LogP contribution >= 0.6 is 0 Å². The molecular weight excluding hydrogens is 208 g/mol. The highest BCUT2D eigenvalue weighted by atomic mass is 16.4. The minimum atomic E-state index is -0.789. The molecule has 0 aromatic carbocycles. The van der Waals surface area contributed by atoms with E-state index in [4.69, 9.17) is 10.8 Å². The van der Waals surface area contributed by atoms with Gasteiger partial charge in [-0.3, -0.25) is 9.59 Å². The molecule has 0 aliphatic rings. The smallest absolute Gasteiger partial charge is 0.303 e. The van der Waals surface area contributed by atoms with Crippen LogP contribution in [0.1, 0.15) is 45.4 Å². The molecule has 1 atom stereocenters. The van der Waals surface area contributed by atoms with E-state index < -0.39 is 5.97 Å². The van der Waals surface area contributed by atoms with E-state index >= 15 is 0 Å². The van der Waals surface area contributed by atoms with Crippen LogP contribution in [0.15, 0.2) is 0 Å². The van der Waals surface area contributed by atoms with Gasteiger partial charge < -0.3 is 16.2 Å². The van der Waals surface area contributed by atoms with Crippen molar-refractivity contribution in [1.82, 2.24) is 5.32 Å². The monoisotopic (exact) mass is 230 g/mol. The van der Waals surface area contributed by atoms with Crippen LogP contribution in [0.25, 0.3) is 0 Å². The van der Waals surface area contributed by atoms with Gasteiger partial charge in [-0.05, 0) is 32.6 Å². The maximum absolute atomic E-state index is 11.3. The summed E-state index contributed by atoms with van der Waals surface area (Å²) in [6.45, 7) is 2.48. The molecule has 0 radical (unpaired) electrons. The Morgan fingerprint density at radius 1 is 1.25 bits per heavy atom. The largest absolute Gasteiger partial charge is 0.481 e. The lowest BCUT2D eigenvalue weighted by molar-refractivity contribution is -0.137. The molecule has 0 aromatic rings. The Labute approximate surface area is 96.4 Å². The molecule has 0 fully saturated rings. The first-order chi connectivity index (χ1) is 7.52. The van der Waals surface area contributed by atoms with Gasteiger partial charge in [-0.25, -0.2) is 0 Å². The number of rotatable bonds is 9. The average Bonchev–Trinajstić information content (AvgIpc) is 2.16.